The first-order valence-corrected chi connectivity index (χ1v) is 5.30. The molecule has 1 unspecified atom stereocenters. The van der Waals surface area contributed by atoms with Crippen molar-refractivity contribution in [2.24, 2.45) is 5.92 Å². The fraction of sp³-hybridized carbons (Fsp3) is 0.333. The Balaban J connectivity index is 2.64. The van der Waals surface area contributed by atoms with Gasteiger partial charge in [-0.15, -0.1) is 0 Å². The van der Waals surface area contributed by atoms with Gasteiger partial charge in [0.05, 0.1) is 5.52 Å². The van der Waals surface area contributed by atoms with Gasteiger partial charge >= 0.3 is 5.76 Å². The fourth-order valence-corrected chi connectivity index (χ4v) is 1.57. The zero-order valence-corrected chi connectivity index (χ0v) is 9.27. The molecule has 16 heavy (non-hydrogen) atoms. The van der Waals surface area contributed by atoms with Crippen LogP contribution in [-0.4, -0.2) is 10.5 Å². The van der Waals surface area contributed by atoms with Crippen LogP contribution in [-0.2, 0) is 0 Å². The lowest BCUT2D eigenvalue weighted by Crippen LogP contribution is -2.27. The summed E-state index contributed by atoms with van der Waals surface area (Å²) in [5, 5.41) is 0. The van der Waals surface area contributed by atoms with Crippen LogP contribution in [0.1, 0.15) is 25.1 Å². The third-order valence-corrected chi connectivity index (χ3v) is 2.74. The Kier molecular flexibility index (Phi) is 2.64. The lowest BCUT2D eigenvalue weighted by atomic mass is 10.1. The van der Waals surface area contributed by atoms with Crippen molar-refractivity contribution < 1.29 is 9.21 Å². The number of rotatable bonds is 2. The summed E-state index contributed by atoms with van der Waals surface area (Å²) < 4.78 is 6.12. The van der Waals surface area contributed by atoms with Crippen molar-refractivity contribution in [3.05, 3.63) is 34.8 Å². The highest BCUT2D eigenvalue weighted by atomic mass is 16.4. The molecule has 0 saturated carbocycles. The molecule has 1 aromatic carbocycles. The predicted molar refractivity (Wildman–Crippen MR) is 60.6 cm³/mol. The fourth-order valence-electron chi connectivity index (χ4n) is 1.57. The van der Waals surface area contributed by atoms with Crippen LogP contribution >= 0.6 is 0 Å². The molecule has 0 amide bonds. The van der Waals surface area contributed by atoms with Crippen LogP contribution in [0.4, 0.5) is 0 Å². The number of hydrogen-bond acceptors (Lipinski definition) is 3. The molecule has 0 aliphatic heterocycles. The first-order chi connectivity index (χ1) is 7.65. The zero-order valence-electron chi connectivity index (χ0n) is 9.27. The van der Waals surface area contributed by atoms with Crippen LogP contribution in [0, 0.1) is 5.92 Å². The minimum atomic E-state index is -0.605. The monoisotopic (exact) mass is 219 g/mol. The van der Waals surface area contributed by atoms with Gasteiger partial charge in [0.1, 0.15) is 0 Å². The Morgan fingerprint density at radius 3 is 2.81 bits per heavy atom. The third-order valence-electron chi connectivity index (χ3n) is 2.74. The van der Waals surface area contributed by atoms with Crippen molar-refractivity contribution in [1.82, 2.24) is 4.57 Å². The molecule has 0 radical (unpaired) electrons. The highest BCUT2D eigenvalue weighted by molar-refractivity contribution is 5.90. The summed E-state index contributed by atoms with van der Waals surface area (Å²) in [6.45, 7) is 3.71. The molecule has 0 spiro atoms. The van der Waals surface area contributed by atoms with Gasteiger partial charge in [0.2, 0.25) is 5.91 Å². The van der Waals surface area contributed by atoms with Crippen LogP contribution < -0.4 is 5.76 Å². The van der Waals surface area contributed by atoms with Gasteiger partial charge in [-0.1, -0.05) is 26.0 Å². The van der Waals surface area contributed by atoms with Crippen LogP contribution in [0.5, 0.6) is 0 Å². The number of nitrogens with zero attached hydrogens (tertiary/aromatic N) is 1. The van der Waals surface area contributed by atoms with E-state index >= 15 is 0 Å². The Hall–Kier alpha value is -1.84. The summed E-state index contributed by atoms with van der Waals surface area (Å²) >= 11 is 0. The molecule has 0 saturated heterocycles. The highest BCUT2D eigenvalue weighted by Gasteiger charge is 2.19. The third kappa shape index (κ3) is 1.56. The largest absolute Gasteiger partial charge is 0.426 e. The minimum absolute atomic E-state index is 0.182. The van der Waals surface area contributed by atoms with Gasteiger partial charge in [-0.05, 0) is 18.6 Å². The van der Waals surface area contributed by atoms with Gasteiger partial charge in [0.25, 0.3) is 0 Å². The number of aromatic nitrogens is 1. The van der Waals surface area contributed by atoms with Gasteiger partial charge in [0, 0.05) is 5.92 Å². The molecule has 2 aromatic rings. The molecular weight excluding hydrogens is 206 g/mol. The number of hydrogen-bond donors (Lipinski definition) is 0. The number of fused-ring (bicyclic) bond motifs is 1. The second kappa shape index (κ2) is 3.96. The average Bonchev–Trinajstić information content (AvgIpc) is 2.63. The van der Waals surface area contributed by atoms with Crippen LogP contribution in [0.25, 0.3) is 11.1 Å². The van der Waals surface area contributed by atoms with Gasteiger partial charge < -0.3 is 4.42 Å². The molecule has 2 rings (SSSR count). The minimum Gasteiger partial charge on any atom is -0.407 e. The van der Waals surface area contributed by atoms with E-state index in [-0.39, 0.29) is 11.8 Å². The van der Waals surface area contributed by atoms with E-state index in [0.717, 1.165) is 4.57 Å². The molecule has 0 fully saturated rings. The number of oxazole rings is 1. The lowest BCUT2D eigenvalue weighted by molar-refractivity contribution is 0.0838. The average molecular weight is 219 g/mol. The van der Waals surface area contributed by atoms with Crippen LogP contribution in [0.2, 0.25) is 0 Å². The van der Waals surface area contributed by atoms with Crippen LogP contribution in [0.3, 0.4) is 0 Å². The van der Waals surface area contributed by atoms with Crippen molar-refractivity contribution in [2.75, 3.05) is 0 Å². The molecule has 1 heterocycles. The second-order valence-electron chi connectivity index (χ2n) is 3.82. The van der Waals surface area contributed by atoms with E-state index in [4.69, 9.17) is 4.42 Å². The summed E-state index contributed by atoms with van der Waals surface area (Å²) in [4.78, 5) is 23.6. The number of carbonyl (C=O) groups excluding carboxylic acids is 1. The summed E-state index contributed by atoms with van der Waals surface area (Å²) in [7, 11) is 0. The molecule has 0 N–H and O–H groups in total. The Morgan fingerprint density at radius 2 is 2.12 bits per heavy atom. The van der Waals surface area contributed by atoms with Gasteiger partial charge in [0.15, 0.2) is 5.58 Å². The van der Waals surface area contributed by atoms with Gasteiger partial charge in [-0.25, -0.2) is 9.36 Å². The van der Waals surface area contributed by atoms with Gasteiger partial charge in [-0.3, -0.25) is 4.79 Å². The number of carbonyl (C=O) groups is 1. The molecule has 84 valence electrons. The molecule has 0 aliphatic rings. The van der Waals surface area contributed by atoms with Crippen LogP contribution in [0.15, 0.2) is 33.5 Å². The SMILES string of the molecule is CCC(C)C(=O)n1c(=O)oc2ccccc21. The summed E-state index contributed by atoms with van der Waals surface area (Å²) in [5.74, 6) is -0.998. The number of benzene rings is 1. The summed E-state index contributed by atoms with van der Waals surface area (Å²) in [5.41, 5.74) is 0.988. The summed E-state index contributed by atoms with van der Waals surface area (Å²) in [6, 6.07) is 6.93. The quantitative estimate of drug-likeness (QED) is 0.778. The maximum absolute atomic E-state index is 12.0. The van der Waals surface area contributed by atoms with Gasteiger partial charge in [-0.2, -0.15) is 0 Å². The molecule has 4 nitrogen and oxygen atoms in total. The van der Waals surface area contributed by atoms with E-state index in [2.05, 4.69) is 0 Å². The molecular formula is C12H13NO3. The first kappa shape index (κ1) is 10.7. The second-order valence-corrected chi connectivity index (χ2v) is 3.82. The summed E-state index contributed by atoms with van der Waals surface area (Å²) in [6.07, 6.45) is 0.699. The Labute approximate surface area is 92.5 Å². The molecule has 1 atom stereocenters. The maximum Gasteiger partial charge on any atom is 0.426 e. The lowest BCUT2D eigenvalue weighted by Gasteiger charge is -2.06. The Morgan fingerprint density at radius 1 is 1.44 bits per heavy atom. The zero-order chi connectivity index (χ0) is 11.7. The van der Waals surface area contributed by atoms with E-state index in [1.54, 1.807) is 31.2 Å². The van der Waals surface area contributed by atoms with E-state index in [0.29, 0.717) is 17.5 Å². The standard InChI is InChI=1S/C12H13NO3/c1-3-8(2)11(14)13-9-6-4-5-7-10(9)16-12(13)15/h4-8H,3H2,1-2H3. The molecule has 0 aliphatic carbocycles. The highest BCUT2D eigenvalue weighted by Crippen LogP contribution is 2.14. The normalized spacial score (nSPS) is 12.9. The topological polar surface area (TPSA) is 52.2 Å². The van der Waals surface area contributed by atoms with Crippen molar-refractivity contribution in [2.45, 2.75) is 20.3 Å². The van der Waals surface area contributed by atoms with Crippen molar-refractivity contribution in [3.63, 3.8) is 0 Å². The molecule has 0 bridgehead atoms. The van der Waals surface area contributed by atoms with Crippen molar-refractivity contribution >= 4 is 17.0 Å². The van der Waals surface area contributed by atoms with E-state index < -0.39 is 5.76 Å². The van der Waals surface area contributed by atoms with E-state index in [1.807, 2.05) is 6.92 Å². The van der Waals surface area contributed by atoms with Crippen molar-refractivity contribution in [1.29, 1.82) is 0 Å². The number of para-hydroxylation sites is 2. The van der Waals surface area contributed by atoms with Crippen molar-refractivity contribution in [3.8, 4) is 0 Å². The molecule has 1 aromatic heterocycles. The predicted octanol–water partition coefficient (Wildman–Crippen LogP) is 2.28. The van der Waals surface area contributed by atoms with E-state index in [1.165, 1.54) is 0 Å². The first-order valence-electron chi connectivity index (χ1n) is 5.30. The maximum atomic E-state index is 12.0. The molecule has 4 heteroatoms. The van der Waals surface area contributed by atoms with E-state index in [9.17, 15) is 9.59 Å². The smallest absolute Gasteiger partial charge is 0.407 e. The Bertz CT molecular complexity index is 579.